The van der Waals surface area contributed by atoms with Crippen LogP contribution in [0.3, 0.4) is 0 Å². The van der Waals surface area contributed by atoms with Gasteiger partial charge in [0.2, 0.25) is 0 Å². The van der Waals surface area contributed by atoms with Crippen molar-refractivity contribution in [2.24, 2.45) is 0 Å². The van der Waals surface area contributed by atoms with Gasteiger partial charge in [0.25, 0.3) is 5.78 Å². The smallest absolute Gasteiger partial charge is 0.301 e. The Bertz CT molecular complexity index is 1520. The van der Waals surface area contributed by atoms with Crippen molar-refractivity contribution in [3.8, 4) is 5.75 Å². The second kappa shape index (κ2) is 9.43. The Morgan fingerprint density at radius 3 is 2.53 bits per heavy atom. The number of rotatable bonds is 6. The molecule has 0 radical (unpaired) electrons. The summed E-state index contributed by atoms with van der Waals surface area (Å²) >= 11 is 1.35. The van der Waals surface area contributed by atoms with Crippen molar-refractivity contribution in [3.05, 3.63) is 107 Å². The zero-order valence-corrected chi connectivity index (χ0v) is 20.7. The molecule has 7 heteroatoms. The number of aromatic nitrogens is 1. The molecule has 180 valence electrons. The number of anilines is 1. The molecule has 1 aliphatic heterocycles. The number of ketones is 1. The zero-order chi connectivity index (χ0) is 25.4. The molecule has 1 N–H and O–H groups in total. The van der Waals surface area contributed by atoms with Gasteiger partial charge in [0.05, 0.1) is 21.8 Å². The number of carbonyl (C=O) groups excluding carboxylic acids is 2. The molecular formula is C29H24N2O4S. The van der Waals surface area contributed by atoms with Crippen LogP contribution >= 0.6 is 11.3 Å². The second-order valence-electron chi connectivity index (χ2n) is 8.63. The molecular weight excluding hydrogens is 472 g/mol. The van der Waals surface area contributed by atoms with Crippen LogP contribution in [0.4, 0.5) is 5.13 Å². The number of fused-ring (bicyclic) bond motifs is 1. The summed E-state index contributed by atoms with van der Waals surface area (Å²) in [5.41, 5.74) is 4.02. The average Bonchev–Trinajstić information content (AvgIpc) is 3.42. The fourth-order valence-corrected chi connectivity index (χ4v) is 5.63. The third-order valence-electron chi connectivity index (χ3n) is 6.08. The normalized spacial score (nSPS) is 17.1. The van der Waals surface area contributed by atoms with Gasteiger partial charge in [-0.3, -0.25) is 14.5 Å². The Kier molecular flexibility index (Phi) is 6.16. The SMILES string of the molecule is C=CCOc1ccc(C2C(=C(O)c3ccccc3)C(=O)C(=O)N2c2nc3c(C)cc(C)cc3s2)cc1. The Labute approximate surface area is 212 Å². The molecule has 1 aliphatic rings. The highest BCUT2D eigenvalue weighted by Crippen LogP contribution is 2.45. The summed E-state index contributed by atoms with van der Waals surface area (Å²) in [4.78, 5) is 32.9. The minimum Gasteiger partial charge on any atom is -0.507 e. The minimum atomic E-state index is -0.847. The van der Waals surface area contributed by atoms with Crippen LogP contribution in [0.25, 0.3) is 16.0 Å². The van der Waals surface area contributed by atoms with Gasteiger partial charge in [0, 0.05) is 5.56 Å². The molecule has 1 saturated heterocycles. The zero-order valence-electron chi connectivity index (χ0n) is 19.9. The van der Waals surface area contributed by atoms with Crippen molar-refractivity contribution in [2.45, 2.75) is 19.9 Å². The Morgan fingerprint density at radius 2 is 1.83 bits per heavy atom. The highest BCUT2D eigenvalue weighted by molar-refractivity contribution is 7.22. The highest BCUT2D eigenvalue weighted by Gasteiger charge is 2.48. The molecule has 5 rings (SSSR count). The van der Waals surface area contributed by atoms with E-state index in [1.807, 2.05) is 32.0 Å². The summed E-state index contributed by atoms with van der Waals surface area (Å²) in [6.07, 6.45) is 1.65. The van der Waals surface area contributed by atoms with E-state index >= 15 is 0 Å². The monoisotopic (exact) mass is 496 g/mol. The van der Waals surface area contributed by atoms with Gasteiger partial charge in [-0.05, 0) is 48.7 Å². The molecule has 4 aromatic rings. The summed E-state index contributed by atoms with van der Waals surface area (Å²) in [5, 5.41) is 11.6. The molecule has 1 unspecified atom stereocenters. The van der Waals surface area contributed by atoms with Gasteiger partial charge in [-0.2, -0.15) is 0 Å². The van der Waals surface area contributed by atoms with Crippen molar-refractivity contribution in [1.29, 1.82) is 0 Å². The highest BCUT2D eigenvalue weighted by atomic mass is 32.1. The summed E-state index contributed by atoms with van der Waals surface area (Å²) in [6.45, 7) is 8.00. The molecule has 36 heavy (non-hydrogen) atoms. The number of ether oxygens (including phenoxy) is 1. The maximum absolute atomic E-state index is 13.4. The van der Waals surface area contributed by atoms with E-state index in [1.54, 1.807) is 54.6 Å². The average molecular weight is 497 g/mol. The summed E-state index contributed by atoms with van der Waals surface area (Å²) in [5.74, 6) is -1.07. The van der Waals surface area contributed by atoms with Crippen molar-refractivity contribution in [3.63, 3.8) is 0 Å². The first-order chi connectivity index (χ1) is 17.4. The molecule has 3 aromatic carbocycles. The molecule has 1 aromatic heterocycles. The van der Waals surface area contributed by atoms with Crippen LogP contribution < -0.4 is 9.64 Å². The maximum atomic E-state index is 13.4. The lowest BCUT2D eigenvalue weighted by Gasteiger charge is -2.23. The van der Waals surface area contributed by atoms with Crippen molar-refractivity contribution >= 4 is 44.1 Å². The summed E-state index contributed by atoms with van der Waals surface area (Å²) < 4.78 is 6.53. The van der Waals surface area contributed by atoms with Gasteiger partial charge < -0.3 is 9.84 Å². The summed E-state index contributed by atoms with van der Waals surface area (Å²) in [7, 11) is 0. The van der Waals surface area contributed by atoms with Gasteiger partial charge in [-0.1, -0.05) is 72.5 Å². The van der Waals surface area contributed by atoms with Crippen LogP contribution in [0.5, 0.6) is 5.75 Å². The topological polar surface area (TPSA) is 79.7 Å². The van der Waals surface area contributed by atoms with E-state index in [0.29, 0.717) is 28.6 Å². The molecule has 0 aliphatic carbocycles. The molecule has 0 spiro atoms. The first kappa shape index (κ1) is 23.5. The van der Waals surface area contributed by atoms with Crippen LogP contribution in [0.15, 0.2) is 85.0 Å². The Morgan fingerprint density at radius 1 is 1.11 bits per heavy atom. The van der Waals surface area contributed by atoms with E-state index in [9.17, 15) is 14.7 Å². The van der Waals surface area contributed by atoms with Gasteiger partial charge in [0.1, 0.15) is 18.1 Å². The quantitative estimate of drug-likeness (QED) is 0.151. The first-order valence-electron chi connectivity index (χ1n) is 11.5. The molecule has 1 amide bonds. The van der Waals surface area contributed by atoms with Crippen LogP contribution in [0.2, 0.25) is 0 Å². The Balaban J connectivity index is 1.69. The third kappa shape index (κ3) is 4.07. The number of aliphatic hydroxyl groups is 1. The number of amides is 1. The van der Waals surface area contributed by atoms with Crippen LogP contribution in [-0.4, -0.2) is 28.4 Å². The number of aliphatic hydroxyl groups excluding tert-OH is 1. The van der Waals surface area contributed by atoms with Crippen molar-refractivity contribution < 1.29 is 19.4 Å². The van der Waals surface area contributed by atoms with Crippen molar-refractivity contribution in [1.82, 2.24) is 4.98 Å². The van der Waals surface area contributed by atoms with Gasteiger partial charge >= 0.3 is 5.91 Å². The Hall–Kier alpha value is -4.23. The predicted molar refractivity (Wildman–Crippen MR) is 142 cm³/mol. The van der Waals surface area contributed by atoms with Crippen LogP contribution in [-0.2, 0) is 9.59 Å². The van der Waals surface area contributed by atoms with E-state index in [1.165, 1.54) is 16.2 Å². The van der Waals surface area contributed by atoms with Crippen LogP contribution in [0, 0.1) is 13.8 Å². The van der Waals surface area contributed by atoms with E-state index in [0.717, 1.165) is 21.3 Å². The number of Topliss-reactive ketones (excluding diaryl/α,β-unsaturated/α-hetero) is 1. The second-order valence-corrected chi connectivity index (χ2v) is 9.64. The van der Waals surface area contributed by atoms with Gasteiger partial charge in [0.15, 0.2) is 5.13 Å². The number of hydrogen-bond donors (Lipinski definition) is 1. The van der Waals surface area contributed by atoms with E-state index in [2.05, 4.69) is 6.58 Å². The lowest BCUT2D eigenvalue weighted by atomic mass is 9.95. The molecule has 0 saturated carbocycles. The third-order valence-corrected chi connectivity index (χ3v) is 7.08. The number of nitrogens with zero attached hydrogens (tertiary/aromatic N) is 2. The van der Waals surface area contributed by atoms with E-state index in [-0.39, 0.29) is 11.3 Å². The fraction of sp³-hybridized carbons (Fsp3) is 0.138. The summed E-state index contributed by atoms with van der Waals surface area (Å²) in [6, 6.07) is 19.1. The number of carbonyl (C=O) groups is 2. The molecule has 1 fully saturated rings. The molecule has 6 nitrogen and oxygen atoms in total. The largest absolute Gasteiger partial charge is 0.507 e. The van der Waals surface area contributed by atoms with Crippen LogP contribution in [0.1, 0.15) is 28.3 Å². The maximum Gasteiger partial charge on any atom is 0.301 e. The standard InChI is InChI=1S/C29H24N2O4S/c1-4-14-35-21-12-10-19(11-13-21)25-23(26(32)20-8-6-5-7-9-20)27(33)28(34)31(25)29-30-24-18(3)15-17(2)16-22(24)36-29/h4-13,15-16,25,32H,1,14H2,2-3H3. The fourth-order valence-electron chi connectivity index (χ4n) is 4.46. The number of hydrogen-bond acceptors (Lipinski definition) is 6. The molecule has 2 heterocycles. The molecule has 1 atom stereocenters. The number of aryl methyl sites for hydroxylation is 2. The lowest BCUT2D eigenvalue weighted by Crippen LogP contribution is -2.29. The van der Waals surface area contributed by atoms with E-state index < -0.39 is 17.7 Å². The minimum absolute atomic E-state index is 0.0260. The lowest BCUT2D eigenvalue weighted by molar-refractivity contribution is -0.132. The predicted octanol–water partition coefficient (Wildman–Crippen LogP) is 6.10. The number of thiazole rings is 1. The first-order valence-corrected chi connectivity index (χ1v) is 12.3. The number of benzene rings is 3. The van der Waals surface area contributed by atoms with E-state index in [4.69, 9.17) is 9.72 Å². The van der Waals surface area contributed by atoms with Crippen molar-refractivity contribution in [2.75, 3.05) is 11.5 Å². The van der Waals surface area contributed by atoms with Gasteiger partial charge in [-0.15, -0.1) is 0 Å². The van der Waals surface area contributed by atoms with Gasteiger partial charge in [-0.25, -0.2) is 4.98 Å². The molecule has 0 bridgehead atoms.